The zero-order chi connectivity index (χ0) is 17.1. The molecule has 1 saturated heterocycles. The summed E-state index contributed by atoms with van der Waals surface area (Å²) in [4.78, 5) is 25.7. The third-order valence-electron chi connectivity index (χ3n) is 4.00. The minimum Gasteiger partial charge on any atom is -0.326 e. The lowest BCUT2D eigenvalue weighted by molar-refractivity contribution is -0.117. The normalized spacial score (nSPS) is 17.8. The maximum absolute atomic E-state index is 14.2. The first-order chi connectivity index (χ1) is 11.5. The van der Waals surface area contributed by atoms with Gasteiger partial charge >= 0.3 is 0 Å². The van der Waals surface area contributed by atoms with E-state index in [0.717, 1.165) is 13.0 Å². The van der Waals surface area contributed by atoms with E-state index < -0.39 is 5.82 Å². The SMILES string of the molecule is N[C@H]1CCN(CC(=O)Nc2ccc(-n3ccccc3=O)cc2F)C1. The van der Waals surface area contributed by atoms with Crippen LogP contribution in [0.15, 0.2) is 47.4 Å². The molecule has 2 aromatic rings. The molecule has 24 heavy (non-hydrogen) atoms. The van der Waals surface area contributed by atoms with Crippen molar-refractivity contribution < 1.29 is 9.18 Å². The summed E-state index contributed by atoms with van der Waals surface area (Å²) >= 11 is 0. The number of halogens is 1. The maximum Gasteiger partial charge on any atom is 0.255 e. The van der Waals surface area contributed by atoms with Crippen molar-refractivity contribution in [3.05, 3.63) is 58.8 Å². The van der Waals surface area contributed by atoms with E-state index in [1.54, 1.807) is 24.4 Å². The molecule has 1 amide bonds. The van der Waals surface area contributed by atoms with Crippen molar-refractivity contribution in [1.82, 2.24) is 9.47 Å². The molecule has 1 aromatic heterocycles. The van der Waals surface area contributed by atoms with Gasteiger partial charge in [0.2, 0.25) is 5.91 Å². The van der Waals surface area contributed by atoms with Crippen LogP contribution < -0.4 is 16.6 Å². The van der Waals surface area contributed by atoms with Crippen LogP contribution >= 0.6 is 0 Å². The lowest BCUT2D eigenvalue weighted by Gasteiger charge is -2.15. The first kappa shape index (κ1) is 16.4. The van der Waals surface area contributed by atoms with E-state index in [2.05, 4.69) is 5.32 Å². The quantitative estimate of drug-likeness (QED) is 0.875. The summed E-state index contributed by atoms with van der Waals surface area (Å²) in [7, 11) is 0. The van der Waals surface area contributed by atoms with Crippen molar-refractivity contribution in [3.8, 4) is 5.69 Å². The number of pyridine rings is 1. The number of carbonyl (C=O) groups excluding carboxylic acids is 1. The van der Waals surface area contributed by atoms with Crippen LogP contribution in [0.4, 0.5) is 10.1 Å². The summed E-state index contributed by atoms with van der Waals surface area (Å²) in [5.41, 5.74) is 6.05. The second-order valence-electron chi connectivity index (χ2n) is 5.91. The Hall–Kier alpha value is -2.51. The number of nitrogens with two attached hydrogens (primary N) is 1. The van der Waals surface area contributed by atoms with E-state index in [0.29, 0.717) is 12.2 Å². The lowest BCUT2D eigenvalue weighted by Crippen LogP contribution is -2.33. The molecule has 1 atom stereocenters. The third kappa shape index (κ3) is 3.69. The van der Waals surface area contributed by atoms with Gasteiger partial charge in [0, 0.05) is 37.5 Å². The number of aromatic nitrogens is 1. The standard InChI is InChI=1S/C17H19FN4O2/c18-14-9-13(22-7-2-1-3-17(22)24)4-5-15(14)20-16(23)11-21-8-6-12(19)10-21/h1-5,7,9,12H,6,8,10-11,19H2,(H,20,23)/t12-/m0/s1. The lowest BCUT2D eigenvalue weighted by atomic mass is 10.2. The molecule has 126 valence electrons. The van der Waals surface area contributed by atoms with E-state index in [9.17, 15) is 14.0 Å². The average Bonchev–Trinajstić information content (AvgIpc) is 2.95. The highest BCUT2D eigenvalue weighted by atomic mass is 19.1. The second-order valence-corrected chi connectivity index (χ2v) is 5.91. The molecular formula is C17H19FN4O2. The van der Waals surface area contributed by atoms with Gasteiger partial charge < -0.3 is 11.1 Å². The predicted molar refractivity (Wildman–Crippen MR) is 89.7 cm³/mol. The van der Waals surface area contributed by atoms with Crippen molar-refractivity contribution in [2.75, 3.05) is 25.0 Å². The van der Waals surface area contributed by atoms with Crippen LogP contribution in [0.1, 0.15) is 6.42 Å². The van der Waals surface area contributed by atoms with Crippen molar-refractivity contribution in [3.63, 3.8) is 0 Å². The molecule has 0 aliphatic carbocycles. The molecule has 0 saturated carbocycles. The van der Waals surface area contributed by atoms with Crippen LogP contribution in [0, 0.1) is 5.82 Å². The fourth-order valence-electron chi connectivity index (χ4n) is 2.79. The summed E-state index contributed by atoms with van der Waals surface area (Å²) < 4.78 is 15.6. The van der Waals surface area contributed by atoms with Crippen molar-refractivity contribution in [2.24, 2.45) is 5.73 Å². The Kier molecular flexibility index (Phi) is 4.73. The number of nitrogens with one attached hydrogen (secondary N) is 1. The van der Waals surface area contributed by atoms with E-state index >= 15 is 0 Å². The van der Waals surface area contributed by atoms with Crippen LogP contribution in [-0.2, 0) is 4.79 Å². The molecule has 2 heterocycles. The van der Waals surface area contributed by atoms with Gasteiger partial charge in [0.1, 0.15) is 5.82 Å². The molecule has 1 fully saturated rings. The number of nitrogens with zero attached hydrogens (tertiary/aromatic N) is 2. The molecule has 1 aromatic carbocycles. The summed E-state index contributed by atoms with van der Waals surface area (Å²) in [6.45, 7) is 1.63. The Labute approximate surface area is 138 Å². The molecular weight excluding hydrogens is 311 g/mol. The Bertz CT molecular complexity index is 805. The van der Waals surface area contributed by atoms with Gasteiger partial charge in [-0.05, 0) is 24.6 Å². The second kappa shape index (κ2) is 6.94. The molecule has 6 nitrogen and oxygen atoms in total. The molecule has 1 aliphatic heterocycles. The molecule has 0 bridgehead atoms. The molecule has 7 heteroatoms. The monoisotopic (exact) mass is 330 g/mol. The summed E-state index contributed by atoms with van der Waals surface area (Å²) in [5, 5.41) is 2.56. The van der Waals surface area contributed by atoms with Crippen LogP contribution in [0.3, 0.4) is 0 Å². The Morgan fingerprint density at radius 2 is 2.17 bits per heavy atom. The van der Waals surface area contributed by atoms with Crippen LogP contribution in [0.25, 0.3) is 5.69 Å². The number of carbonyl (C=O) groups is 1. The Balaban J connectivity index is 1.70. The number of hydrogen-bond donors (Lipinski definition) is 2. The number of likely N-dealkylation sites (tertiary alicyclic amines) is 1. The number of rotatable bonds is 4. The topological polar surface area (TPSA) is 80.4 Å². The van der Waals surface area contributed by atoms with Gasteiger partial charge in [0.15, 0.2) is 0 Å². The van der Waals surface area contributed by atoms with Crippen molar-refractivity contribution in [1.29, 1.82) is 0 Å². The highest BCUT2D eigenvalue weighted by molar-refractivity contribution is 5.92. The van der Waals surface area contributed by atoms with Crippen LogP contribution in [-0.4, -0.2) is 41.1 Å². The summed E-state index contributed by atoms with van der Waals surface area (Å²) in [6.07, 6.45) is 2.42. The van der Waals surface area contributed by atoms with Gasteiger partial charge in [0.05, 0.1) is 17.9 Å². The highest BCUT2D eigenvalue weighted by Crippen LogP contribution is 2.18. The number of hydrogen-bond acceptors (Lipinski definition) is 4. The van der Waals surface area contributed by atoms with Gasteiger partial charge in [-0.3, -0.25) is 19.1 Å². The zero-order valence-electron chi connectivity index (χ0n) is 13.1. The van der Waals surface area contributed by atoms with E-state index in [-0.39, 0.29) is 29.7 Å². The van der Waals surface area contributed by atoms with Gasteiger partial charge in [0.25, 0.3) is 5.56 Å². The van der Waals surface area contributed by atoms with Crippen molar-refractivity contribution >= 4 is 11.6 Å². The summed E-state index contributed by atoms with van der Waals surface area (Å²) in [5.74, 6) is -0.873. The molecule has 0 spiro atoms. The third-order valence-corrected chi connectivity index (χ3v) is 4.00. The smallest absolute Gasteiger partial charge is 0.255 e. The van der Waals surface area contributed by atoms with Gasteiger partial charge in [-0.25, -0.2) is 4.39 Å². The molecule has 0 radical (unpaired) electrons. The van der Waals surface area contributed by atoms with E-state index in [4.69, 9.17) is 5.73 Å². The number of amides is 1. The number of anilines is 1. The highest BCUT2D eigenvalue weighted by Gasteiger charge is 2.21. The van der Waals surface area contributed by atoms with Gasteiger partial charge in [-0.1, -0.05) is 6.07 Å². The van der Waals surface area contributed by atoms with Gasteiger partial charge in [-0.15, -0.1) is 0 Å². The molecule has 0 unspecified atom stereocenters. The fraction of sp³-hybridized carbons (Fsp3) is 0.294. The minimum atomic E-state index is -0.588. The van der Waals surface area contributed by atoms with Crippen LogP contribution in [0.2, 0.25) is 0 Å². The van der Waals surface area contributed by atoms with Gasteiger partial charge in [-0.2, -0.15) is 0 Å². The Morgan fingerprint density at radius 3 is 2.83 bits per heavy atom. The fourth-order valence-corrected chi connectivity index (χ4v) is 2.79. The van der Waals surface area contributed by atoms with E-state index in [1.165, 1.54) is 22.8 Å². The number of benzene rings is 1. The predicted octanol–water partition coefficient (Wildman–Crippen LogP) is 0.948. The molecule has 3 N–H and O–H groups in total. The first-order valence-corrected chi connectivity index (χ1v) is 7.78. The average molecular weight is 330 g/mol. The van der Waals surface area contributed by atoms with Crippen molar-refractivity contribution in [2.45, 2.75) is 12.5 Å². The minimum absolute atomic E-state index is 0.0937. The maximum atomic E-state index is 14.2. The molecule has 1 aliphatic rings. The largest absolute Gasteiger partial charge is 0.326 e. The molecule has 3 rings (SSSR count). The zero-order valence-corrected chi connectivity index (χ0v) is 13.1. The van der Waals surface area contributed by atoms with E-state index in [1.807, 2.05) is 4.90 Å². The summed E-state index contributed by atoms with van der Waals surface area (Å²) in [6, 6.07) is 9.07. The Morgan fingerprint density at radius 1 is 1.33 bits per heavy atom. The first-order valence-electron chi connectivity index (χ1n) is 7.78. The van der Waals surface area contributed by atoms with Crippen LogP contribution in [0.5, 0.6) is 0 Å².